The summed E-state index contributed by atoms with van der Waals surface area (Å²) < 4.78 is 11.8. The third-order valence-electron chi connectivity index (χ3n) is 7.28. The first-order valence-corrected chi connectivity index (χ1v) is 13.3. The van der Waals surface area contributed by atoms with Crippen LogP contribution in [0.25, 0.3) is 0 Å². The van der Waals surface area contributed by atoms with Gasteiger partial charge in [0, 0.05) is 30.1 Å². The van der Waals surface area contributed by atoms with Crippen LogP contribution in [-0.2, 0) is 23.9 Å². The fraction of sp³-hybridized carbons (Fsp3) is 0.800. The second-order valence-corrected chi connectivity index (χ2v) is 11.7. The van der Waals surface area contributed by atoms with Crippen LogP contribution in [0.1, 0.15) is 59.8 Å². The zero-order valence-corrected chi connectivity index (χ0v) is 22.4. The van der Waals surface area contributed by atoms with Gasteiger partial charge in [0.25, 0.3) is 0 Å². The summed E-state index contributed by atoms with van der Waals surface area (Å²) in [7, 11) is 0. The number of fused-ring (bicyclic) bond motifs is 1. The molecule has 1 unspecified atom stereocenters. The van der Waals surface area contributed by atoms with Gasteiger partial charge in [0.1, 0.15) is 11.6 Å². The van der Waals surface area contributed by atoms with Crippen molar-refractivity contribution in [1.82, 2.24) is 9.80 Å². The molecule has 3 saturated heterocycles. The van der Waals surface area contributed by atoms with Crippen LogP contribution in [-0.4, -0.2) is 87.1 Å². The molecule has 2 bridgehead atoms. The monoisotopic (exact) mass is 542 g/mol. The molecular weight excluding hydrogens is 504 g/mol. The average molecular weight is 543 g/mol. The van der Waals surface area contributed by atoms with E-state index in [9.17, 15) is 14.4 Å². The number of hydrogen-bond acceptors (Lipinski definition) is 6. The predicted molar refractivity (Wildman–Crippen MR) is 131 cm³/mol. The largest absolute Gasteiger partial charge is 0.466 e. The minimum atomic E-state index is -1.07. The SMILES string of the molecule is C=CCN(C(=O)[C@@H]1N(CCCCCCO)C(=O)[C@H]2[C@H](C(=O)OCC)[C@H]3O[C@@]12CC3Br)C(C)(C)C. The van der Waals surface area contributed by atoms with E-state index in [-0.39, 0.29) is 29.9 Å². The molecule has 3 fully saturated rings. The number of unbranched alkanes of at least 4 members (excludes halogenated alkanes) is 3. The van der Waals surface area contributed by atoms with Gasteiger partial charge in [-0.25, -0.2) is 0 Å². The number of likely N-dealkylation sites (tertiary alicyclic amines) is 1. The number of esters is 1. The fourth-order valence-corrected chi connectivity index (χ4v) is 6.82. The van der Waals surface area contributed by atoms with E-state index in [0.717, 1.165) is 12.8 Å². The molecule has 3 aliphatic rings. The number of hydrogen-bond donors (Lipinski definition) is 1. The Bertz CT molecular complexity index is 799. The third kappa shape index (κ3) is 4.67. The molecule has 0 aromatic heterocycles. The Morgan fingerprint density at radius 3 is 2.59 bits per heavy atom. The van der Waals surface area contributed by atoms with Crippen molar-refractivity contribution in [2.45, 2.75) is 87.9 Å². The van der Waals surface area contributed by atoms with Crippen molar-refractivity contribution in [3.05, 3.63) is 12.7 Å². The number of rotatable bonds is 11. The van der Waals surface area contributed by atoms with E-state index in [1.165, 1.54) is 0 Å². The van der Waals surface area contributed by atoms with Crippen LogP contribution in [0.5, 0.6) is 0 Å². The standard InChI is InChI=1S/C25H39BrN2O6/c1-6-12-28(24(3,4)5)22(31)20-25-15-16(26)19(34-25)17(23(32)33-7-2)18(25)21(30)27(20)13-10-8-9-11-14-29/h6,16-20,29H,1,7-15H2,2-5H3/t16?,17-,18+,19-,20-,25+/m0/s1. The van der Waals surface area contributed by atoms with Gasteiger partial charge in [-0.05, 0) is 47.0 Å². The number of amides is 2. The lowest BCUT2D eigenvalue weighted by Crippen LogP contribution is -2.60. The summed E-state index contributed by atoms with van der Waals surface area (Å²) >= 11 is 3.66. The summed E-state index contributed by atoms with van der Waals surface area (Å²) in [4.78, 5) is 44.2. The highest BCUT2D eigenvalue weighted by Crippen LogP contribution is 2.60. The molecule has 9 heteroatoms. The first-order chi connectivity index (χ1) is 16.0. The second-order valence-electron chi connectivity index (χ2n) is 10.5. The van der Waals surface area contributed by atoms with Gasteiger partial charge >= 0.3 is 5.97 Å². The molecule has 1 spiro atoms. The van der Waals surface area contributed by atoms with Crippen molar-refractivity contribution >= 4 is 33.7 Å². The summed E-state index contributed by atoms with van der Waals surface area (Å²) in [5.41, 5.74) is -1.55. The lowest BCUT2D eigenvalue weighted by atomic mass is 9.70. The number of carbonyl (C=O) groups excluding carboxylic acids is 3. The van der Waals surface area contributed by atoms with Crippen molar-refractivity contribution in [3.63, 3.8) is 0 Å². The zero-order valence-electron chi connectivity index (χ0n) is 20.8. The minimum absolute atomic E-state index is 0.139. The molecule has 192 valence electrons. The molecular formula is C25H39BrN2O6. The average Bonchev–Trinajstić information content (AvgIpc) is 3.34. The molecule has 0 aromatic rings. The summed E-state index contributed by atoms with van der Waals surface area (Å²) in [5, 5.41) is 9.06. The first-order valence-electron chi connectivity index (χ1n) is 12.4. The lowest BCUT2D eigenvalue weighted by molar-refractivity contribution is -0.155. The van der Waals surface area contributed by atoms with E-state index < -0.39 is 41.1 Å². The van der Waals surface area contributed by atoms with Crippen LogP contribution in [0.4, 0.5) is 0 Å². The molecule has 3 aliphatic heterocycles. The topological polar surface area (TPSA) is 96.4 Å². The molecule has 8 nitrogen and oxygen atoms in total. The molecule has 3 heterocycles. The fourth-order valence-electron chi connectivity index (χ4n) is 5.88. The van der Waals surface area contributed by atoms with Crippen LogP contribution < -0.4 is 0 Å². The summed E-state index contributed by atoms with van der Waals surface area (Å²) in [6, 6.07) is -0.813. The highest BCUT2D eigenvalue weighted by atomic mass is 79.9. The van der Waals surface area contributed by atoms with Crippen molar-refractivity contribution in [2.24, 2.45) is 11.8 Å². The summed E-state index contributed by atoms with van der Waals surface area (Å²) in [5.74, 6) is -2.28. The van der Waals surface area contributed by atoms with Crippen LogP contribution >= 0.6 is 15.9 Å². The summed E-state index contributed by atoms with van der Waals surface area (Å²) in [6.45, 7) is 12.6. The van der Waals surface area contributed by atoms with Gasteiger partial charge in [-0.2, -0.15) is 0 Å². The van der Waals surface area contributed by atoms with Gasteiger partial charge in [0.15, 0.2) is 0 Å². The van der Waals surface area contributed by atoms with E-state index in [1.807, 2.05) is 20.8 Å². The molecule has 34 heavy (non-hydrogen) atoms. The zero-order chi connectivity index (χ0) is 25.3. The Kier molecular flexibility index (Phi) is 8.51. The maximum Gasteiger partial charge on any atom is 0.312 e. The van der Waals surface area contributed by atoms with Crippen molar-refractivity contribution in [3.8, 4) is 0 Å². The highest BCUT2D eigenvalue weighted by Gasteiger charge is 2.77. The molecule has 0 aromatic carbocycles. The van der Waals surface area contributed by atoms with Crippen LogP contribution in [0.2, 0.25) is 0 Å². The number of halogens is 1. The quantitative estimate of drug-likeness (QED) is 0.186. The minimum Gasteiger partial charge on any atom is -0.466 e. The number of carbonyl (C=O) groups is 3. The first kappa shape index (κ1) is 27.1. The van der Waals surface area contributed by atoms with Crippen LogP contribution in [0.15, 0.2) is 12.7 Å². The van der Waals surface area contributed by atoms with Crippen molar-refractivity contribution < 1.29 is 29.0 Å². The normalized spacial score (nSPS) is 32.1. The molecule has 0 radical (unpaired) electrons. The molecule has 2 amide bonds. The molecule has 6 atom stereocenters. The third-order valence-corrected chi connectivity index (χ3v) is 8.12. The van der Waals surface area contributed by atoms with Gasteiger partial charge < -0.3 is 24.4 Å². The predicted octanol–water partition coefficient (Wildman–Crippen LogP) is 2.66. The van der Waals surface area contributed by atoms with Crippen molar-refractivity contribution in [1.29, 1.82) is 0 Å². The Hall–Kier alpha value is -1.45. The van der Waals surface area contributed by atoms with Gasteiger partial charge in [0.2, 0.25) is 11.8 Å². The summed E-state index contributed by atoms with van der Waals surface area (Å²) in [6.07, 6.45) is 4.77. The maximum absolute atomic E-state index is 14.1. The second kappa shape index (κ2) is 10.7. The van der Waals surface area contributed by atoms with E-state index in [2.05, 4.69) is 22.5 Å². The van der Waals surface area contributed by atoms with Gasteiger partial charge in [-0.15, -0.1) is 6.58 Å². The van der Waals surface area contributed by atoms with Gasteiger partial charge in [-0.3, -0.25) is 14.4 Å². The van der Waals surface area contributed by atoms with E-state index in [4.69, 9.17) is 14.6 Å². The lowest BCUT2D eigenvalue weighted by Gasteiger charge is -2.42. The number of ether oxygens (including phenoxy) is 2. The van der Waals surface area contributed by atoms with E-state index >= 15 is 0 Å². The van der Waals surface area contributed by atoms with Crippen molar-refractivity contribution in [2.75, 3.05) is 26.3 Å². The Labute approximate surface area is 211 Å². The van der Waals surface area contributed by atoms with E-state index in [1.54, 1.807) is 22.8 Å². The van der Waals surface area contributed by atoms with Crippen LogP contribution in [0, 0.1) is 11.8 Å². The molecule has 0 aliphatic carbocycles. The molecule has 1 N–H and O–H groups in total. The molecule has 3 rings (SSSR count). The van der Waals surface area contributed by atoms with Crippen LogP contribution in [0.3, 0.4) is 0 Å². The maximum atomic E-state index is 14.1. The molecule has 0 saturated carbocycles. The smallest absolute Gasteiger partial charge is 0.312 e. The Balaban J connectivity index is 2.00. The highest BCUT2D eigenvalue weighted by molar-refractivity contribution is 9.09. The van der Waals surface area contributed by atoms with Gasteiger partial charge in [0.05, 0.1) is 24.5 Å². The van der Waals surface area contributed by atoms with Gasteiger partial charge in [-0.1, -0.05) is 34.8 Å². The number of alkyl halides is 1. The number of aliphatic hydroxyl groups excluding tert-OH is 1. The Morgan fingerprint density at radius 1 is 1.32 bits per heavy atom. The number of nitrogens with zero attached hydrogens (tertiary/aromatic N) is 2. The Morgan fingerprint density at radius 2 is 2.00 bits per heavy atom. The van der Waals surface area contributed by atoms with E-state index in [0.29, 0.717) is 32.4 Å². The number of aliphatic hydroxyl groups is 1.